The van der Waals surface area contributed by atoms with E-state index in [1.165, 1.54) is 31.3 Å². The Kier molecular flexibility index (Phi) is 6.61. The van der Waals surface area contributed by atoms with E-state index in [2.05, 4.69) is 10.3 Å². The molecule has 1 unspecified atom stereocenters. The summed E-state index contributed by atoms with van der Waals surface area (Å²) in [6.45, 7) is 3.58. The third kappa shape index (κ3) is 5.34. The van der Waals surface area contributed by atoms with Gasteiger partial charge in [0.1, 0.15) is 5.56 Å². The molecule has 25 heavy (non-hydrogen) atoms. The lowest BCUT2D eigenvalue weighted by molar-refractivity contribution is -0.123. The van der Waals surface area contributed by atoms with Gasteiger partial charge in [-0.25, -0.2) is 9.78 Å². The smallest absolute Gasteiger partial charge is 0.344 e. The fourth-order valence-electron chi connectivity index (χ4n) is 1.95. The molecule has 1 aromatic carbocycles. The minimum atomic E-state index is -1.04. The maximum absolute atomic E-state index is 12.3. The Bertz CT molecular complexity index is 763. The van der Waals surface area contributed by atoms with Crippen LogP contribution in [-0.2, 0) is 9.53 Å². The number of hydrogen-bond acceptors (Lipinski definition) is 5. The molecule has 1 heterocycles. The number of aromatic nitrogens is 1. The zero-order chi connectivity index (χ0) is 18.4. The maximum atomic E-state index is 12.3. The van der Waals surface area contributed by atoms with Gasteiger partial charge in [-0.3, -0.25) is 4.79 Å². The summed E-state index contributed by atoms with van der Waals surface area (Å²) in [6, 6.07) is 7.71. The largest absolute Gasteiger partial charge is 0.477 e. The van der Waals surface area contributed by atoms with Gasteiger partial charge in [0.15, 0.2) is 6.10 Å². The predicted octanol–water partition coefficient (Wildman–Crippen LogP) is 3.97. The summed E-state index contributed by atoms with van der Waals surface area (Å²) in [5.41, 5.74) is 0.552. The van der Waals surface area contributed by atoms with E-state index in [0.717, 1.165) is 0 Å². The van der Waals surface area contributed by atoms with E-state index in [-0.39, 0.29) is 11.4 Å². The number of rotatable bonds is 6. The molecule has 0 saturated carbocycles. The van der Waals surface area contributed by atoms with Gasteiger partial charge in [-0.1, -0.05) is 23.2 Å². The third-order valence-corrected chi connectivity index (χ3v) is 3.49. The summed E-state index contributed by atoms with van der Waals surface area (Å²) in [4.78, 5) is 28.4. The van der Waals surface area contributed by atoms with E-state index in [0.29, 0.717) is 22.3 Å². The molecule has 0 bridgehead atoms. The molecule has 0 aliphatic carbocycles. The van der Waals surface area contributed by atoms with Crippen molar-refractivity contribution in [2.24, 2.45) is 0 Å². The molecular weight excluding hydrogens is 367 g/mol. The van der Waals surface area contributed by atoms with Crippen molar-refractivity contribution in [3.05, 3.63) is 52.1 Å². The first-order valence-electron chi connectivity index (χ1n) is 7.46. The summed E-state index contributed by atoms with van der Waals surface area (Å²) < 4.78 is 10.5. The fraction of sp³-hybridized carbons (Fsp3) is 0.235. The van der Waals surface area contributed by atoms with Crippen molar-refractivity contribution in [1.29, 1.82) is 0 Å². The molecule has 2 aromatic rings. The Balaban J connectivity index is 2.04. The number of nitrogens with one attached hydrogen (secondary N) is 1. The minimum Gasteiger partial charge on any atom is -0.477 e. The molecule has 0 spiro atoms. The van der Waals surface area contributed by atoms with Crippen molar-refractivity contribution in [2.45, 2.75) is 20.0 Å². The minimum absolute atomic E-state index is 0.148. The van der Waals surface area contributed by atoms with E-state index in [4.69, 9.17) is 32.7 Å². The molecule has 0 radical (unpaired) electrons. The second-order valence-corrected chi connectivity index (χ2v) is 5.86. The number of pyridine rings is 1. The number of carbonyl (C=O) groups excluding carboxylic acids is 2. The number of nitrogens with zero attached hydrogens (tertiary/aromatic N) is 1. The van der Waals surface area contributed by atoms with Crippen LogP contribution in [0.3, 0.4) is 0 Å². The summed E-state index contributed by atoms with van der Waals surface area (Å²) >= 11 is 11.8. The van der Waals surface area contributed by atoms with Crippen LogP contribution in [0.1, 0.15) is 24.2 Å². The highest BCUT2D eigenvalue weighted by atomic mass is 35.5. The van der Waals surface area contributed by atoms with Crippen LogP contribution in [-0.4, -0.2) is 29.6 Å². The summed E-state index contributed by atoms with van der Waals surface area (Å²) in [7, 11) is 0. The monoisotopic (exact) mass is 382 g/mol. The third-order valence-electron chi connectivity index (χ3n) is 3.06. The first kappa shape index (κ1) is 19.0. The van der Waals surface area contributed by atoms with Crippen LogP contribution in [0.15, 0.2) is 36.5 Å². The van der Waals surface area contributed by atoms with Gasteiger partial charge in [0.2, 0.25) is 5.88 Å². The second-order valence-electron chi connectivity index (χ2n) is 4.98. The van der Waals surface area contributed by atoms with Crippen LogP contribution in [0.25, 0.3) is 0 Å². The summed E-state index contributed by atoms with van der Waals surface area (Å²) in [6.07, 6.45) is 0.459. The Labute approximate surface area is 155 Å². The van der Waals surface area contributed by atoms with Crippen LogP contribution >= 0.6 is 23.2 Å². The average molecular weight is 383 g/mol. The molecule has 1 amide bonds. The number of amides is 1. The SMILES string of the molecule is CCOc1ncccc1C(=O)OC(C)C(=O)Nc1cc(Cl)cc(Cl)c1. The molecule has 0 aliphatic heterocycles. The van der Waals surface area contributed by atoms with Crippen molar-refractivity contribution in [3.63, 3.8) is 0 Å². The lowest BCUT2D eigenvalue weighted by Gasteiger charge is -2.15. The van der Waals surface area contributed by atoms with Gasteiger partial charge < -0.3 is 14.8 Å². The van der Waals surface area contributed by atoms with E-state index in [9.17, 15) is 9.59 Å². The maximum Gasteiger partial charge on any atom is 0.344 e. The van der Waals surface area contributed by atoms with Gasteiger partial charge in [-0.15, -0.1) is 0 Å². The van der Waals surface area contributed by atoms with Crippen molar-refractivity contribution in [2.75, 3.05) is 11.9 Å². The molecule has 132 valence electrons. The number of anilines is 1. The fourth-order valence-corrected chi connectivity index (χ4v) is 2.47. The molecule has 1 N–H and O–H groups in total. The molecule has 0 saturated heterocycles. The molecule has 1 aromatic heterocycles. The zero-order valence-corrected chi connectivity index (χ0v) is 15.1. The van der Waals surface area contributed by atoms with E-state index in [1.807, 2.05) is 0 Å². The van der Waals surface area contributed by atoms with Gasteiger partial charge in [-0.2, -0.15) is 0 Å². The number of hydrogen-bond donors (Lipinski definition) is 1. The number of esters is 1. The van der Waals surface area contributed by atoms with E-state index < -0.39 is 18.0 Å². The van der Waals surface area contributed by atoms with Crippen molar-refractivity contribution >= 4 is 40.8 Å². The van der Waals surface area contributed by atoms with Gasteiger partial charge in [0.05, 0.1) is 6.61 Å². The number of carbonyl (C=O) groups is 2. The highest BCUT2D eigenvalue weighted by Crippen LogP contribution is 2.23. The number of ether oxygens (including phenoxy) is 2. The topological polar surface area (TPSA) is 77.5 Å². The molecule has 6 nitrogen and oxygen atoms in total. The zero-order valence-electron chi connectivity index (χ0n) is 13.6. The molecule has 2 rings (SSSR count). The molecule has 1 atom stereocenters. The van der Waals surface area contributed by atoms with Gasteiger partial charge >= 0.3 is 5.97 Å². The molecule has 0 aliphatic rings. The van der Waals surface area contributed by atoms with Gasteiger partial charge in [0.25, 0.3) is 5.91 Å². The number of halogens is 2. The summed E-state index contributed by atoms with van der Waals surface area (Å²) in [5.74, 6) is -1.07. The normalized spacial score (nSPS) is 11.5. The average Bonchev–Trinajstić information content (AvgIpc) is 2.54. The highest BCUT2D eigenvalue weighted by molar-refractivity contribution is 6.35. The first-order valence-corrected chi connectivity index (χ1v) is 8.22. The number of benzene rings is 1. The highest BCUT2D eigenvalue weighted by Gasteiger charge is 2.22. The second kappa shape index (κ2) is 8.69. The Morgan fingerprint density at radius 1 is 1.24 bits per heavy atom. The standard InChI is InChI=1S/C17H16Cl2N2O4/c1-3-24-16-14(5-4-6-20-16)17(23)25-10(2)15(22)21-13-8-11(18)7-12(19)9-13/h4-10H,3H2,1-2H3,(H,21,22). The van der Waals surface area contributed by atoms with Crippen molar-refractivity contribution in [3.8, 4) is 5.88 Å². The Morgan fingerprint density at radius 3 is 2.56 bits per heavy atom. The van der Waals surface area contributed by atoms with Gasteiger partial charge in [0, 0.05) is 21.9 Å². The quantitative estimate of drug-likeness (QED) is 0.764. The van der Waals surface area contributed by atoms with Gasteiger partial charge in [-0.05, 0) is 44.2 Å². The molecule has 8 heteroatoms. The van der Waals surface area contributed by atoms with Crippen LogP contribution in [0, 0.1) is 0 Å². The van der Waals surface area contributed by atoms with Crippen LogP contribution < -0.4 is 10.1 Å². The molecule has 0 fully saturated rings. The molecular formula is C17H16Cl2N2O4. The lowest BCUT2D eigenvalue weighted by atomic mass is 10.2. The van der Waals surface area contributed by atoms with Crippen LogP contribution in [0.5, 0.6) is 5.88 Å². The van der Waals surface area contributed by atoms with Crippen molar-refractivity contribution < 1.29 is 19.1 Å². The lowest BCUT2D eigenvalue weighted by Crippen LogP contribution is -2.30. The Hall–Kier alpha value is -2.31. The van der Waals surface area contributed by atoms with Crippen LogP contribution in [0.2, 0.25) is 10.0 Å². The van der Waals surface area contributed by atoms with E-state index in [1.54, 1.807) is 19.1 Å². The van der Waals surface area contributed by atoms with E-state index >= 15 is 0 Å². The van der Waals surface area contributed by atoms with Crippen molar-refractivity contribution in [1.82, 2.24) is 4.98 Å². The Morgan fingerprint density at radius 2 is 1.92 bits per heavy atom. The van der Waals surface area contributed by atoms with Crippen LogP contribution in [0.4, 0.5) is 5.69 Å². The predicted molar refractivity (Wildman–Crippen MR) is 95.4 cm³/mol. The summed E-state index contributed by atoms with van der Waals surface area (Å²) in [5, 5.41) is 3.35. The first-order chi connectivity index (χ1) is 11.9.